The molecule has 0 saturated carbocycles. The van der Waals surface area contributed by atoms with Gasteiger partial charge in [0.1, 0.15) is 0 Å². The fourth-order valence-electron chi connectivity index (χ4n) is 2.52. The Balaban J connectivity index is 1.61. The second-order valence-electron chi connectivity index (χ2n) is 6.06. The molecule has 146 valence electrons. The number of rotatable bonds is 5. The van der Waals surface area contributed by atoms with Gasteiger partial charge in [0.2, 0.25) is 0 Å². The van der Waals surface area contributed by atoms with E-state index in [1.807, 2.05) is 0 Å². The number of hydrogen-bond donors (Lipinski definition) is 2. The maximum atomic E-state index is 12.4. The first-order valence-electron chi connectivity index (χ1n) is 8.63. The Kier molecular flexibility index (Phi) is 6.41. The number of hydrogen-bond acceptors (Lipinski definition) is 4. The summed E-state index contributed by atoms with van der Waals surface area (Å²) < 4.78 is 5.53. The van der Waals surface area contributed by atoms with E-state index in [1.165, 1.54) is 7.11 Å². The molecule has 3 aromatic rings. The molecule has 0 aromatic heterocycles. The van der Waals surface area contributed by atoms with Crippen molar-refractivity contribution in [3.8, 4) is 0 Å². The van der Waals surface area contributed by atoms with Crippen LogP contribution < -0.4 is 10.6 Å². The first-order chi connectivity index (χ1) is 14.0. The van der Waals surface area contributed by atoms with Crippen LogP contribution in [0.4, 0.5) is 11.4 Å². The van der Waals surface area contributed by atoms with Crippen LogP contribution in [-0.4, -0.2) is 24.9 Å². The van der Waals surface area contributed by atoms with Gasteiger partial charge < -0.3 is 15.4 Å². The summed E-state index contributed by atoms with van der Waals surface area (Å²) in [5.41, 5.74) is 2.50. The minimum atomic E-state index is -0.441. The summed E-state index contributed by atoms with van der Waals surface area (Å²) in [5.74, 6) is -0.981. The second-order valence-corrected chi connectivity index (χ2v) is 6.98. The lowest BCUT2D eigenvalue weighted by Crippen LogP contribution is -2.13. The van der Waals surface area contributed by atoms with Gasteiger partial charge >= 0.3 is 5.97 Å². The van der Waals surface area contributed by atoms with Gasteiger partial charge in [0, 0.05) is 27.0 Å². The van der Waals surface area contributed by atoms with Gasteiger partial charge in [-0.15, -0.1) is 0 Å². The zero-order valence-corrected chi connectivity index (χ0v) is 17.0. The minimum absolute atomic E-state index is 0.236. The van der Waals surface area contributed by atoms with Crippen LogP contribution in [0.3, 0.4) is 0 Å². The Morgan fingerprint density at radius 1 is 0.655 bits per heavy atom. The summed E-state index contributed by atoms with van der Waals surface area (Å²) in [6.07, 6.45) is 0. The molecule has 2 amide bonds. The average molecular weight is 453 g/mol. The second kappa shape index (κ2) is 9.16. The van der Waals surface area contributed by atoms with E-state index in [0.29, 0.717) is 28.1 Å². The highest BCUT2D eigenvalue weighted by Crippen LogP contribution is 2.16. The molecule has 0 aliphatic heterocycles. The lowest BCUT2D eigenvalue weighted by molar-refractivity contribution is 0.0600. The number of benzene rings is 3. The molecule has 0 aliphatic carbocycles. The standard InChI is InChI=1S/C22H17BrN2O4/c1-29-22(28)16-6-12-19(13-7-16)25-21(27)15-4-10-18(11-5-15)24-20(26)14-2-8-17(23)9-3-14/h2-13H,1H3,(H,24,26)(H,25,27). The number of carbonyl (C=O) groups excluding carboxylic acids is 3. The molecule has 0 radical (unpaired) electrons. The van der Waals surface area contributed by atoms with E-state index in [4.69, 9.17) is 0 Å². The SMILES string of the molecule is COC(=O)c1ccc(NC(=O)c2ccc(NC(=O)c3ccc(Br)cc3)cc2)cc1. The lowest BCUT2D eigenvalue weighted by atomic mass is 10.1. The molecule has 3 rings (SSSR count). The predicted octanol–water partition coefficient (Wildman–Crippen LogP) is 4.74. The number of methoxy groups -OCH3 is 1. The van der Waals surface area contributed by atoms with Crippen molar-refractivity contribution < 1.29 is 19.1 Å². The van der Waals surface area contributed by atoms with E-state index in [-0.39, 0.29) is 11.8 Å². The molecule has 7 heteroatoms. The summed E-state index contributed by atoms with van der Waals surface area (Å²) in [7, 11) is 1.31. The Morgan fingerprint density at radius 2 is 1.03 bits per heavy atom. The van der Waals surface area contributed by atoms with E-state index in [9.17, 15) is 14.4 Å². The average Bonchev–Trinajstić information content (AvgIpc) is 2.74. The quantitative estimate of drug-likeness (QED) is 0.547. The molecule has 0 fully saturated rings. The number of carbonyl (C=O) groups is 3. The molecule has 0 unspecified atom stereocenters. The van der Waals surface area contributed by atoms with Crippen molar-refractivity contribution in [1.29, 1.82) is 0 Å². The Hall–Kier alpha value is -3.45. The van der Waals surface area contributed by atoms with Crippen LogP contribution in [0.25, 0.3) is 0 Å². The van der Waals surface area contributed by atoms with Crippen LogP contribution in [0, 0.1) is 0 Å². The van der Waals surface area contributed by atoms with Gasteiger partial charge in [0.15, 0.2) is 0 Å². The van der Waals surface area contributed by atoms with Crippen LogP contribution in [-0.2, 0) is 4.74 Å². The van der Waals surface area contributed by atoms with E-state index >= 15 is 0 Å². The minimum Gasteiger partial charge on any atom is -0.465 e. The fraction of sp³-hybridized carbons (Fsp3) is 0.0455. The summed E-state index contributed by atoms with van der Waals surface area (Å²) in [6.45, 7) is 0. The molecule has 0 heterocycles. The third-order valence-corrected chi connectivity index (χ3v) is 4.60. The molecule has 0 spiro atoms. The Morgan fingerprint density at radius 3 is 1.45 bits per heavy atom. The number of esters is 1. The van der Waals surface area contributed by atoms with Crippen LogP contribution in [0.5, 0.6) is 0 Å². The van der Waals surface area contributed by atoms with Gasteiger partial charge in [0.05, 0.1) is 12.7 Å². The zero-order valence-electron chi connectivity index (χ0n) is 15.4. The van der Waals surface area contributed by atoms with Crippen LogP contribution in [0.2, 0.25) is 0 Å². The van der Waals surface area contributed by atoms with Crippen molar-refractivity contribution in [2.45, 2.75) is 0 Å². The van der Waals surface area contributed by atoms with Gasteiger partial charge in [-0.25, -0.2) is 4.79 Å². The first kappa shape index (κ1) is 20.3. The molecule has 0 aliphatic rings. The molecule has 2 N–H and O–H groups in total. The van der Waals surface area contributed by atoms with Crippen molar-refractivity contribution >= 4 is 45.1 Å². The lowest BCUT2D eigenvalue weighted by Gasteiger charge is -2.08. The molecule has 0 bridgehead atoms. The predicted molar refractivity (Wildman–Crippen MR) is 114 cm³/mol. The molecular formula is C22H17BrN2O4. The number of nitrogens with one attached hydrogen (secondary N) is 2. The fourth-order valence-corrected chi connectivity index (χ4v) is 2.78. The molecular weight excluding hydrogens is 436 g/mol. The summed E-state index contributed by atoms with van der Waals surface area (Å²) in [5, 5.41) is 5.54. The molecule has 0 atom stereocenters. The van der Waals surface area contributed by atoms with Gasteiger partial charge in [-0.3, -0.25) is 9.59 Å². The van der Waals surface area contributed by atoms with Crippen LogP contribution in [0.1, 0.15) is 31.1 Å². The van der Waals surface area contributed by atoms with Crippen molar-refractivity contribution in [1.82, 2.24) is 0 Å². The van der Waals surface area contributed by atoms with E-state index in [1.54, 1.807) is 72.8 Å². The highest BCUT2D eigenvalue weighted by atomic mass is 79.9. The maximum absolute atomic E-state index is 12.4. The van der Waals surface area contributed by atoms with Crippen LogP contribution in [0.15, 0.2) is 77.3 Å². The summed E-state index contributed by atoms with van der Waals surface area (Å²) >= 11 is 3.33. The van der Waals surface area contributed by atoms with Gasteiger partial charge in [-0.1, -0.05) is 15.9 Å². The highest BCUT2D eigenvalue weighted by molar-refractivity contribution is 9.10. The van der Waals surface area contributed by atoms with Crippen LogP contribution >= 0.6 is 15.9 Å². The van der Waals surface area contributed by atoms with Gasteiger partial charge in [0.25, 0.3) is 11.8 Å². The van der Waals surface area contributed by atoms with Crippen molar-refractivity contribution in [2.75, 3.05) is 17.7 Å². The zero-order chi connectivity index (χ0) is 20.8. The highest BCUT2D eigenvalue weighted by Gasteiger charge is 2.10. The number of halogens is 1. The topological polar surface area (TPSA) is 84.5 Å². The maximum Gasteiger partial charge on any atom is 0.337 e. The molecule has 29 heavy (non-hydrogen) atoms. The summed E-state index contributed by atoms with van der Waals surface area (Å²) in [6, 6.07) is 20.0. The number of anilines is 2. The van der Waals surface area contributed by atoms with Crippen molar-refractivity contribution in [2.24, 2.45) is 0 Å². The number of amides is 2. The largest absolute Gasteiger partial charge is 0.465 e. The van der Waals surface area contributed by atoms with E-state index < -0.39 is 5.97 Å². The normalized spacial score (nSPS) is 10.1. The molecule has 6 nitrogen and oxygen atoms in total. The molecule has 0 saturated heterocycles. The Labute approximate surface area is 176 Å². The first-order valence-corrected chi connectivity index (χ1v) is 9.42. The molecule has 3 aromatic carbocycles. The smallest absolute Gasteiger partial charge is 0.337 e. The summed E-state index contributed by atoms with van der Waals surface area (Å²) in [4.78, 5) is 36.1. The van der Waals surface area contributed by atoms with E-state index in [0.717, 1.165) is 4.47 Å². The third kappa shape index (κ3) is 5.30. The van der Waals surface area contributed by atoms with Crippen molar-refractivity contribution in [3.63, 3.8) is 0 Å². The van der Waals surface area contributed by atoms with Gasteiger partial charge in [-0.05, 0) is 72.8 Å². The number of ether oxygens (including phenoxy) is 1. The van der Waals surface area contributed by atoms with E-state index in [2.05, 4.69) is 31.3 Å². The monoisotopic (exact) mass is 452 g/mol. The third-order valence-electron chi connectivity index (χ3n) is 4.08. The van der Waals surface area contributed by atoms with Gasteiger partial charge in [-0.2, -0.15) is 0 Å². The van der Waals surface area contributed by atoms with Crippen molar-refractivity contribution in [3.05, 3.63) is 94.0 Å². The Bertz CT molecular complexity index is 1030.